The van der Waals surface area contributed by atoms with Gasteiger partial charge >= 0.3 is 0 Å². The second-order valence-corrected chi connectivity index (χ2v) is 7.28. The van der Waals surface area contributed by atoms with Crippen molar-refractivity contribution in [3.05, 3.63) is 76.6 Å². The average Bonchev–Trinajstić information content (AvgIpc) is 3.22. The van der Waals surface area contributed by atoms with Crippen LogP contribution in [0.4, 0.5) is 0 Å². The number of nitrogens with one attached hydrogen (secondary N) is 1. The molecule has 7 heteroatoms. The highest BCUT2D eigenvalue weighted by atomic mass is 16.7. The van der Waals surface area contributed by atoms with Crippen LogP contribution in [0.2, 0.25) is 0 Å². The Labute approximate surface area is 174 Å². The third-order valence-electron chi connectivity index (χ3n) is 4.94. The minimum atomic E-state index is -0.327. The smallest absolute Gasteiger partial charge is 0.267 e. The van der Waals surface area contributed by atoms with Crippen molar-refractivity contribution in [3.63, 3.8) is 0 Å². The summed E-state index contributed by atoms with van der Waals surface area (Å²) in [5.41, 5.74) is 2.27. The number of carbonyl (C=O) groups is 1. The molecule has 0 aliphatic carbocycles. The topological polar surface area (TPSA) is 82.5 Å². The lowest BCUT2D eigenvalue weighted by atomic mass is 10.1. The van der Waals surface area contributed by atoms with Crippen molar-refractivity contribution in [2.24, 2.45) is 0 Å². The lowest BCUT2D eigenvalue weighted by molar-refractivity contribution is -0.122. The third kappa shape index (κ3) is 4.68. The molecule has 2 aromatic carbocycles. The number of carbonyl (C=O) groups excluding carboxylic acids is 1. The van der Waals surface area contributed by atoms with E-state index in [4.69, 9.17) is 9.47 Å². The molecule has 7 nitrogen and oxygen atoms in total. The van der Waals surface area contributed by atoms with E-state index in [1.54, 1.807) is 12.1 Å². The molecular weight excluding hydrogens is 382 g/mol. The maximum atomic E-state index is 12.4. The van der Waals surface area contributed by atoms with Crippen LogP contribution in [0.3, 0.4) is 0 Å². The Balaban J connectivity index is 1.39. The van der Waals surface area contributed by atoms with Gasteiger partial charge in [-0.05, 0) is 49.6 Å². The van der Waals surface area contributed by atoms with Crippen molar-refractivity contribution in [2.45, 2.75) is 32.4 Å². The van der Waals surface area contributed by atoms with E-state index in [1.807, 2.05) is 37.3 Å². The molecule has 154 valence electrons. The Bertz CT molecular complexity index is 1100. The van der Waals surface area contributed by atoms with Crippen LogP contribution in [0.1, 0.15) is 18.9 Å². The van der Waals surface area contributed by atoms with Gasteiger partial charge in [-0.2, -0.15) is 5.10 Å². The molecule has 0 spiro atoms. The zero-order chi connectivity index (χ0) is 20.9. The molecule has 0 saturated carbocycles. The lowest BCUT2D eigenvalue weighted by Crippen LogP contribution is -2.38. The number of rotatable bonds is 7. The first-order valence-electron chi connectivity index (χ1n) is 9.90. The lowest BCUT2D eigenvalue weighted by Gasteiger charge is -2.14. The summed E-state index contributed by atoms with van der Waals surface area (Å²) in [6.07, 6.45) is 1.69. The van der Waals surface area contributed by atoms with Crippen LogP contribution in [0, 0.1) is 0 Å². The first-order valence-corrected chi connectivity index (χ1v) is 9.90. The molecule has 0 fully saturated rings. The number of hydrogen-bond acceptors (Lipinski definition) is 5. The van der Waals surface area contributed by atoms with Crippen LogP contribution >= 0.6 is 0 Å². The van der Waals surface area contributed by atoms with Crippen LogP contribution in [0.25, 0.3) is 11.3 Å². The monoisotopic (exact) mass is 405 g/mol. The summed E-state index contributed by atoms with van der Waals surface area (Å²) in [5, 5.41) is 7.30. The predicted octanol–water partition coefficient (Wildman–Crippen LogP) is 2.78. The number of amides is 1. The molecule has 3 aromatic rings. The Morgan fingerprint density at radius 2 is 1.90 bits per heavy atom. The molecule has 1 amide bonds. The van der Waals surface area contributed by atoms with Gasteiger partial charge in [-0.15, -0.1) is 0 Å². The molecule has 1 aliphatic rings. The van der Waals surface area contributed by atoms with E-state index in [0.29, 0.717) is 17.2 Å². The van der Waals surface area contributed by atoms with Crippen LogP contribution in [-0.2, 0) is 17.8 Å². The molecule has 0 saturated heterocycles. The maximum absolute atomic E-state index is 12.4. The van der Waals surface area contributed by atoms with Gasteiger partial charge in [-0.25, -0.2) is 4.68 Å². The minimum absolute atomic E-state index is 0.00884. The van der Waals surface area contributed by atoms with Gasteiger partial charge in [-0.3, -0.25) is 9.59 Å². The molecule has 2 heterocycles. The van der Waals surface area contributed by atoms with Gasteiger partial charge in [0.1, 0.15) is 6.54 Å². The van der Waals surface area contributed by atoms with Crippen molar-refractivity contribution in [1.82, 2.24) is 15.1 Å². The molecule has 1 atom stereocenters. The SMILES string of the molecule is CC(CCc1ccccc1)NC(=O)Cn1nc(-c2ccc3c(c2)OCO3)ccc1=O. The van der Waals surface area contributed by atoms with Gasteiger partial charge in [0.2, 0.25) is 12.7 Å². The van der Waals surface area contributed by atoms with Gasteiger partial charge in [0.15, 0.2) is 11.5 Å². The van der Waals surface area contributed by atoms with Crippen molar-refractivity contribution in [2.75, 3.05) is 6.79 Å². The first kappa shape index (κ1) is 19.7. The molecule has 1 aliphatic heterocycles. The van der Waals surface area contributed by atoms with Gasteiger partial charge in [0, 0.05) is 17.7 Å². The van der Waals surface area contributed by atoms with Crippen LogP contribution in [-0.4, -0.2) is 28.5 Å². The maximum Gasteiger partial charge on any atom is 0.267 e. The van der Waals surface area contributed by atoms with Gasteiger partial charge in [0.05, 0.1) is 5.69 Å². The Hall–Kier alpha value is -3.61. The van der Waals surface area contributed by atoms with Crippen LogP contribution < -0.4 is 20.3 Å². The largest absolute Gasteiger partial charge is 0.454 e. The second kappa shape index (κ2) is 8.82. The number of nitrogens with zero attached hydrogens (tertiary/aromatic N) is 2. The van der Waals surface area contributed by atoms with Gasteiger partial charge in [-0.1, -0.05) is 30.3 Å². The zero-order valence-electron chi connectivity index (χ0n) is 16.7. The average molecular weight is 405 g/mol. The van der Waals surface area contributed by atoms with Gasteiger partial charge in [0.25, 0.3) is 5.56 Å². The molecule has 1 unspecified atom stereocenters. The summed E-state index contributed by atoms with van der Waals surface area (Å²) in [6, 6.07) is 18.6. The van der Waals surface area contributed by atoms with E-state index in [0.717, 1.165) is 18.4 Å². The highest BCUT2D eigenvalue weighted by molar-refractivity contribution is 5.76. The van der Waals surface area contributed by atoms with Gasteiger partial charge < -0.3 is 14.8 Å². The Kier molecular flexibility index (Phi) is 5.79. The summed E-state index contributed by atoms with van der Waals surface area (Å²) in [4.78, 5) is 24.6. The summed E-state index contributed by atoms with van der Waals surface area (Å²) in [6.45, 7) is 2.02. The number of ether oxygens (including phenoxy) is 2. The van der Waals surface area contributed by atoms with Crippen LogP contribution in [0.5, 0.6) is 11.5 Å². The zero-order valence-corrected chi connectivity index (χ0v) is 16.7. The standard InChI is InChI=1S/C23H23N3O4/c1-16(7-8-17-5-3-2-4-6-17)24-22(27)14-26-23(28)12-10-19(25-26)18-9-11-20-21(13-18)30-15-29-20/h2-6,9-13,16H,7-8,14-15H2,1H3,(H,24,27). The fraction of sp³-hybridized carbons (Fsp3) is 0.261. The number of aryl methyl sites for hydroxylation is 1. The second-order valence-electron chi connectivity index (χ2n) is 7.28. The highest BCUT2D eigenvalue weighted by Crippen LogP contribution is 2.35. The number of benzene rings is 2. The van der Waals surface area contributed by atoms with E-state index < -0.39 is 0 Å². The van der Waals surface area contributed by atoms with E-state index in [9.17, 15) is 9.59 Å². The predicted molar refractivity (Wildman–Crippen MR) is 112 cm³/mol. The van der Waals surface area contributed by atoms with E-state index in [2.05, 4.69) is 22.5 Å². The van der Waals surface area contributed by atoms with Crippen molar-refractivity contribution >= 4 is 5.91 Å². The van der Waals surface area contributed by atoms with Crippen molar-refractivity contribution in [1.29, 1.82) is 0 Å². The fourth-order valence-electron chi connectivity index (χ4n) is 3.33. The molecule has 1 aromatic heterocycles. The highest BCUT2D eigenvalue weighted by Gasteiger charge is 2.15. The number of aromatic nitrogens is 2. The van der Waals surface area contributed by atoms with E-state index in [1.165, 1.54) is 16.3 Å². The fourth-order valence-corrected chi connectivity index (χ4v) is 3.33. The Morgan fingerprint density at radius 1 is 1.10 bits per heavy atom. The molecule has 30 heavy (non-hydrogen) atoms. The van der Waals surface area contributed by atoms with Crippen LogP contribution in [0.15, 0.2) is 65.5 Å². The Morgan fingerprint density at radius 3 is 2.73 bits per heavy atom. The summed E-state index contributed by atoms with van der Waals surface area (Å²) in [7, 11) is 0. The molecule has 0 bridgehead atoms. The normalized spacial score (nSPS) is 13.1. The third-order valence-corrected chi connectivity index (χ3v) is 4.94. The minimum Gasteiger partial charge on any atom is -0.454 e. The number of hydrogen-bond donors (Lipinski definition) is 1. The number of fused-ring (bicyclic) bond motifs is 1. The molecular formula is C23H23N3O4. The summed E-state index contributed by atoms with van der Waals surface area (Å²) in [5.74, 6) is 1.07. The quantitative estimate of drug-likeness (QED) is 0.654. The summed E-state index contributed by atoms with van der Waals surface area (Å²) < 4.78 is 11.9. The molecule has 1 N–H and O–H groups in total. The van der Waals surface area contributed by atoms with E-state index in [-0.39, 0.29) is 30.8 Å². The van der Waals surface area contributed by atoms with E-state index >= 15 is 0 Å². The molecule has 4 rings (SSSR count). The molecule has 0 radical (unpaired) electrons. The first-order chi connectivity index (χ1) is 14.6. The summed E-state index contributed by atoms with van der Waals surface area (Å²) >= 11 is 0. The van der Waals surface area contributed by atoms with Crippen molar-refractivity contribution < 1.29 is 14.3 Å². The van der Waals surface area contributed by atoms with Crippen molar-refractivity contribution in [3.8, 4) is 22.8 Å².